The van der Waals surface area contributed by atoms with Crippen LogP contribution in [0.5, 0.6) is 0 Å². The number of halogens is 3. The molecule has 0 aromatic heterocycles. The fraction of sp³-hybridized carbons (Fsp3) is 0.125. The van der Waals surface area contributed by atoms with E-state index in [0.29, 0.717) is 10.7 Å². The Kier molecular flexibility index (Phi) is 5.58. The first-order valence-electron chi connectivity index (χ1n) is 6.66. The zero-order valence-corrected chi connectivity index (χ0v) is 13.6. The van der Waals surface area contributed by atoms with Crippen molar-refractivity contribution in [3.05, 3.63) is 63.4 Å². The summed E-state index contributed by atoms with van der Waals surface area (Å²) < 4.78 is 13.6. The van der Waals surface area contributed by atoms with E-state index in [9.17, 15) is 14.0 Å². The highest BCUT2D eigenvalue weighted by Crippen LogP contribution is 2.20. The van der Waals surface area contributed by atoms with Crippen molar-refractivity contribution >= 4 is 40.7 Å². The van der Waals surface area contributed by atoms with Gasteiger partial charge in [0.2, 0.25) is 5.91 Å². The second kappa shape index (κ2) is 7.44. The third kappa shape index (κ3) is 4.43. The highest BCUT2D eigenvalue weighted by Gasteiger charge is 2.16. The molecule has 0 aliphatic carbocycles. The van der Waals surface area contributed by atoms with Crippen LogP contribution in [-0.4, -0.2) is 18.4 Å². The van der Waals surface area contributed by atoms with Crippen molar-refractivity contribution in [1.29, 1.82) is 0 Å². The Morgan fingerprint density at radius 1 is 1.17 bits per heavy atom. The second-order valence-corrected chi connectivity index (χ2v) is 5.63. The minimum Gasteiger partial charge on any atom is -0.343 e. The Labute approximate surface area is 142 Å². The van der Waals surface area contributed by atoms with Gasteiger partial charge in [0.05, 0.1) is 17.1 Å². The first-order valence-corrected chi connectivity index (χ1v) is 7.42. The summed E-state index contributed by atoms with van der Waals surface area (Å²) in [6.45, 7) is 1.48. The first kappa shape index (κ1) is 17.2. The molecule has 2 aromatic carbocycles. The van der Waals surface area contributed by atoms with Crippen LogP contribution in [0.15, 0.2) is 36.4 Å². The lowest BCUT2D eigenvalue weighted by Gasteiger charge is -2.10. The lowest BCUT2D eigenvalue weighted by atomic mass is 10.2. The second-order valence-electron chi connectivity index (χ2n) is 4.79. The molecule has 0 saturated heterocycles. The Morgan fingerprint density at radius 3 is 2.57 bits per heavy atom. The molecule has 2 aromatic rings. The van der Waals surface area contributed by atoms with Crippen molar-refractivity contribution in [3.63, 3.8) is 0 Å². The van der Waals surface area contributed by atoms with E-state index in [2.05, 4.69) is 10.6 Å². The molecular weight excluding hydrogens is 342 g/mol. The number of amides is 2. The molecule has 0 spiro atoms. The van der Waals surface area contributed by atoms with E-state index in [0.717, 1.165) is 11.6 Å². The van der Waals surface area contributed by atoms with Crippen LogP contribution in [0.1, 0.15) is 15.9 Å². The van der Waals surface area contributed by atoms with Gasteiger partial charge in [-0.15, -0.1) is 0 Å². The van der Waals surface area contributed by atoms with Gasteiger partial charge in [-0.25, -0.2) is 4.39 Å². The van der Waals surface area contributed by atoms with Gasteiger partial charge in [-0.2, -0.15) is 0 Å². The molecule has 0 aliphatic rings. The van der Waals surface area contributed by atoms with E-state index in [1.165, 1.54) is 12.1 Å². The monoisotopic (exact) mass is 354 g/mol. The van der Waals surface area contributed by atoms with Gasteiger partial charge in [0.25, 0.3) is 5.91 Å². The van der Waals surface area contributed by atoms with Crippen LogP contribution in [0.25, 0.3) is 0 Å². The summed E-state index contributed by atoms with van der Waals surface area (Å²) in [5, 5.41) is 5.51. The van der Waals surface area contributed by atoms with Crippen molar-refractivity contribution in [1.82, 2.24) is 5.32 Å². The standard InChI is InChI=1S/C16H13Cl2FN2O2/c1-9-7-10(17)5-6-13(9)21-14(22)8-20-16(23)15-11(18)3-2-4-12(15)19/h2-7H,8H2,1H3,(H,20,23)(H,21,22). The van der Waals surface area contributed by atoms with Gasteiger partial charge in [0, 0.05) is 10.7 Å². The van der Waals surface area contributed by atoms with Crippen LogP contribution in [0.2, 0.25) is 10.0 Å². The highest BCUT2D eigenvalue weighted by atomic mass is 35.5. The van der Waals surface area contributed by atoms with Crippen molar-refractivity contribution in [2.75, 3.05) is 11.9 Å². The molecule has 0 aliphatic heterocycles. The number of hydrogen-bond acceptors (Lipinski definition) is 2. The molecule has 2 rings (SSSR count). The maximum Gasteiger partial charge on any atom is 0.256 e. The minimum absolute atomic E-state index is 0.0172. The van der Waals surface area contributed by atoms with E-state index in [1.807, 2.05) is 0 Å². The predicted molar refractivity (Wildman–Crippen MR) is 88.6 cm³/mol. The van der Waals surface area contributed by atoms with Crippen LogP contribution in [0, 0.1) is 12.7 Å². The van der Waals surface area contributed by atoms with Crippen molar-refractivity contribution in [2.24, 2.45) is 0 Å². The number of nitrogens with one attached hydrogen (secondary N) is 2. The Bertz CT molecular complexity index is 745. The largest absolute Gasteiger partial charge is 0.343 e. The van der Waals surface area contributed by atoms with Gasteiger partial charge in [-0.05, 0) is 42.8 Å². The molecular formula is C16H13Cl2FN2O2. The van der Waals surface area contributed by atoms with E-state index < -0.39 is 17.6 Å². The molecule has 0 heterocycles. The molecule has 0 saturated carbocycles. The molecule has 0 fully saturated rings. The first-order chi connectivity index (χ1) is 10.9. The Balaban J connectivity index is 1.98. The third-order valence-electron chi connectivity index (χ3n) is 3.06. The van der Waals surface area contributed by atoms with Crippen LogP contribution in [0.4, 0.5) is 10.1 Å². The zero-order valence-electron chi connectivity index (χ0n) is 12.1. The van der Waals surface area contributed by atoms with E-state index in [-0.39, 0.29) is 17.1 Å². The average Bonchev–Trinajstić information content (AvgIpc) is 2.48. The van der Waals surface area contributed by atoms with Crippen LogP contribution in [-0.2, 0) is 4.79 Å². The van der Waals surface area contributed by atoms with Crippen molar-refractivity contribution in [3.8, 4) is 0 Å². The molecule has 0 atom stereocenters. The highest BCUT2D eigenvalue weighted by molar-refractivity contribution is 6.34. The molecule has 2 amide bonds. The van der Waals surface area contributed by atoms with E-state index >= 15 is 0 Å². The summed E-state index contributed by atoms with van der Waals surface area (Å²) in [7, 11) is 0. The number of rotatable bonds is 4. The van der Waals surface area contributed by atoms with Gasteiger partial charge < -0.3 is 10.6 Å². The molecule has 4 nitrogen and oxygen atoms in total. The fourth-order valence-corrected chi connectivity index (χ4v) is 2.40. The minimum atomic E-state index is -0.754. The lowest BCUT2D eigenvalue weighted by Crippen LogP contribution is -2.33. The normalized spacial score (nSPS) is 10.3. The quantitative estimate of drug-likeness (QED) is 0.876. The Morgan fingerprint density at radius 2 is 1.91 bits per heavy atom. The molecule has 0 bridgehead atoms. The van der Waals surface area contributed by atoms with Gasteiger partial charge in [-0.1, -0.05) is 29.3 Å². The smallest absolute Gasteiger partial charge is 0.256 e. The average molecular weight is 355 g/mol. The molecule has 120 valence electrons. The summed E-state index contributed by atoms with van der Waals surface area (Å²) in [4.78, 5) is 23.8. The number of hydrogen-bond donors (Lipinski definition) is 2. The van der Waals surface area contributed by atoms with Gasteiger partial charge in [0.15, 0.2) is 0 Å². The van der Waals surface area contributed by atoms with Crippen LogP contribution >= 0.6 is 23.2 Å². The fourth-order valence-electron chi connectivity index (χ4n) is 1.93. The molecule has 7 heteroatoms. The third-order valence-corrected chi connectivity index (χ3v) is 3.61. The predicted octanol–water partition coefficient (Wildman–Crippen LogP) is 3.81. The molecule has 0 unspecified atom stereocenters. The van der Waals surface area contributed by atoms with Crippen molar-refractivity contribution < 1.29 is 14.0 Å². The van der Waals surface area contributed by atoms with Crippen molar-refractivity contribution in [2.45, 2.75) is 6.92 Å². The van der Waals surface area contributed by atoms with Crippen LogP contribution in [0.3, 0.4) is 0 Å². The molecule has 0 radical (unpaired) electrons. The number of benzene rings is 2. The maximum atomic E-state index is 13.6. The summed E-state index contributed by atoms with van der Waals surface area (Å²) in [6.07, 6.45) is 0. The summed E-state index contributed by atoms with van der Waals surface area (Å²) >= 11 is 11.6. The van der Waals surface area contributed by atoms with E-state index in [4.69, 9.17) is 23.2 Å². The summed E-state index contributed by atoms with van der Waals surface area (Å²) in [6, 6.07) is 8.92. The summed E-state index contributed by atoms with van der Waals surface area (Å²) in [5.41, 5.74) is 1.08. The number of aryl methyl sites for hydroxylation is 1. The number of carbonyl (C=O) groups excluding carboxylic acids is 2. The van der Waals surface area contributed by atoms with Gasteiger partial charge in [-0.3, -0.25) is 9.59 Å². The lowest BCUT2D eigenvalue weighted by molar-refractivity contribution is -0.115. The number of carbonyl (C=O) groups is 2. The van der Waals surface area contributed by atoms with Gasteiger partial charge in [0.1, 0.15) is 5.82 Å². The SMILES string of the molecule is Cc1cc(Cl)ccc1NC(=O)CNC(=O)c1c(F)cccc1Cl. The molecule has 2 N–H and O–H groups in total. The summed E-state index contributed by atoms with van der Waals surface area (Å²) in [5.74, 6) is -1.95. The molecule has 23 heavy (non-hydrogen) atoms. The maximum absolute atomic E-state index is 13.6. The van der Waals surface area contributed by atoms with Crippen LogP contribution < -0.4 is 10.6 Å². The zero-order chi connectivity index (χ0) is 17.0. The topological polar surface area (TPSA) is 58.2 Å². The van der Waals surface area contributed by atoms with E-state index in [1.54, 1.807) is 25.1 Å². The number of anilines is 1. The Hall–Kier alpha value is -2.11. The van der Waals surface area contributed by atoms with Gasteiger partial charge >= 0.3 is 0 Å².